The van der Waals surface area contributed by atoms with Crippen LogP contribution >= 0.6 is 0 Å². The highest BCUT2D eigenvalue weighted by molar-refractivity contribution is 7.90. The Balaban J connectivity index is 1.56. The first kappa shape index (κ1) is 25.7. The second kappa shape index (κ2) is 11.4. The molecular weight excluding hydrogens is 474 g/mol. The zero-order chi connectivity index (χ0) is 25.4. The molecule has 3 rings (SSSR count). The molecule has 0 atom stereocenters. The Bertz CT molecular complexity index is 1290. The van der Waals surface area contributed by atoms with E-state index in [-0.39, 0.29) is 23.0 Å². The van der Waals surface area contributed by atoms with Gasteiger partial charge in [-0.3, -0.25) is 14.6 Å². The van der Waals surface area contributed by atoms with Crippen LogP contribution in [-0.2, 0) is 23.1 Å². The van der Waals surface area contributed by atoms with Gasteiger partial charge in [-0.25, -0.2) is 13.1 Å². The molecule has 0 spiro atoms. The van der Waals surface area contributed by atoms with Crippen LogP contribution in [0, 0.1) is 0 Å². The Morgan fingerprint density at radius 1 is 0.914 bits per heavy atom. The van der Waals surface area contributed by atoms with Gasteiger partial charge >= 0.3 is 0 Å². The molecule has 0 aliphatic heterocycles. The molecule has 10 nitrogen and oxygen atoms in total. The predicted octanol–water partition coefficient (Wildman–Crippen LogP) is 1.68. The fraction of sp³-hybridized carbons (Fsp3) is 0.208. The van der Waals surface area contributed by atoms with Gasteiger partial charge in [0.1, 0.15) is 0 Å². The number of nitrogens with zero attached hydrogens (tertiary/aromatic N) is 1. The van der Waals surface area contributed by atoms with Crippen LogP contribution in [0.5, 0.6) is 11.5 Å². The molecule has 3 N–H and O–H groups in total. The van der Waals surface area contributed by atoms with E-state index < -0.39 is 15.9 Å². The number of aliphatic hydroxyl groups excluding tert-OH is 1. The highest BCUT2D eigenvalue weighted by Gasteiger charge is 2.19. The van der Waals surface area contributed by atoms with Gasteiger partial charge in [-0.05, 0) is 54.4 Å². The Hall–Kier alpha value is -3.96. The van der Waals surface area contributed by atoms with E-state index in [0.717, 1.165) is 5.56 Å². The molecule has 0 bridgehead atoms. The van der Waals surface area contributed by atoms with Gasteiger partial charge in [0.05, 0.1) is 37.0 Å². The number of amides is 2. The van der Waals surface area contributed by atoms with Gasteiger partial charge < -0.3 is 19.9 Å². The lowest BCUT2D eigenvalue weighted by Gasteiger charge is -2.10. The van der Waals surface area contributed by atoms with E-state index in [4.69, 9.17) is 14.6 Å². The number of aromatic nitrogens is 1. The van der Waals surface area contributed by atoms with Gasteiger partial charge in [-0.15, -0.1) is 0 Å². The number of benzene rings is 2. The summed E-state index contributed by atoms with van der Waals surface area (Å²) in [5.74, 6) is -0.146. The molecule has 0 unspecified atom stereocenters. The Labute approximate surface area is 203 Å². The van der Waals surface area contributed by atoms with Crippen molar-refractivity contribution >= 4 is 21.8 Å². The van der Waals surface area contributed by atoms with Gasteiger partial charge in [0, 0.05) is 18.3 Å². The van der Waals surface area contributed by atoms with Crippen molar-refractivity contribution in [3.63, 3.8) is 0 Å². The van der Waals surface area contributed by atoms with E-state index in [1.54, 1.807) is 30.3 Å². The zero-order valence-corrected chi connectivity index (χ0v) is 20.0. The van der Waals surface area contributed by atoms with E-state index in [1.165, 1.54) is 44.7 Å². The summed E-state index contributed by atoms with van der Waals surface area (Å²) in [5.41, 5.74) is 1.63. The van der Waals surface area contributed by atoms with E-state index in [9.17, 15) is 18.0 Å². The maximum atomic E-state index is 12.5. The number of rotatable bonds is 10. The summed E-state index contributed by atoms with van der Waals surface area (Å²) in [6, 6.07) is 13.6. The van der Waals surface area contributed by atoms with Gasteiger partial charge in [-0.1, -0.05) is 12.1 Å². The topological polar surface area (TPSA) is 144 Å². The minimum atomic E-state index is -4.09. The number of methoxy groups -OCH3 is 2. The minimum absolute atomic E-state index is 0.0487. The molecule has 2 amide bonds. The summed E-state index contributed by atoms with van der Waals surface area (Å²) < 4.78 is 37.4. The second-order valence-electron chi connectivity index (χ2n) is 7.35. The van der Waals surface area contributed by atoms with Crippen molar-refractivity contribution < 1.29 is 32.6 Å². The van der Waals surface area contributed by atoms with Gasteiger partial charge in [0.2, 0.25) is 0 Å². The van der Waals surface area contributed by atoms with Gasteiger partial charge in [0.25, 0.3) is 21.8 Å². The third kappa shape index (κ3) is 6.55. The van der Waals surface area contributed by atoms with Crippen molar-refractivity contribution in [2.75, 3.05) is 20.8 Å². The lowest BCUT2D eigenvalue weighted by molar-refractivity contribution is 0.0951. The molecule has 0 aliphatic rings. The third-order valence-corrected chi connectivity index (χ3v) is 6.40. The fourth-order valence-corrected chi connectivity index (χ4v) is 4.10. The monoisotopic (exact) mass is 499 g/mol. The molecule has 0 radical (unpaired) electrons. The average Bonchev–Trinajstić information content (AvgIpc) is 2.88. The van der Waals surface area contributed by atoms with Gasteiger partial charge in [0.15, 0.2) is 11.5 Å². The molecule has 0 saturated carbocycles. The number of carbonyl (C=O) groups excluding carboxylic acids is 2. The number of aliphatic hydroxyl groups is 1. The van der Waals surface area contributed by atoms with Crippen LogP contribution in [0.4, 0.5) is 0 Å². The number of hydrogen-bond donors (Lipinski definition) is 3. The fourth-order valence-electron chi connectivity index (χ4n) is 3.13. The molecule has 184 valence electrons. The Morgan fingerprint density at radius 2 is 1.60 bits per heavy atom. The molecular formula is C24H25N3O7S. The molecule has 0 aliphatic carbocycles. The van der Waals surface area contributed by atoms with Crippen LogP contribution in [0.2, 0.25) is 0 Å². The zero-order valence-electron chi connectivity index (χ0n) is 19.1. The standard InChI is InChI=1S/C24H25N3O7S/c1-33-21-10-6-17(13-22(21)34-2)23(29)25-12-11-16-3-8-20(9-4-16)35(31,32)27-24(30)18-5-7-19(15-28)26-14-18/h3-10,13-14,28H,11-12,15H2,1-2H3,(H,25,29)(H,27,30). The van der Waals surface area contributed by atoms with Crippen LogP contribution in [-0.4, -0.2) is 51.1 Å². The number of nitrogens with one attached hydrogen (secondary N) is 2. The van der Waals surface area contributed by atoms with Crippen molar-refractivity contribution in [3.8, 4) is 11.5 Å². The van der Waals surface area contributed by atoms with Crippen LogP contribution < -0.4 is 19.5 Å². The third-order valence-electron chi connectivity index (χ3n) is 5.05. The summed E-state index contributed by atoms with van der Waals surface area (Å²) in [6.07, 6.45) is 1.66. The number of hydrogen-bond acceptors (Lipinski definition) is 8. The molecule has 3 aromatic rings. The van der Waals surface area contributed by atoms with Gasteiger partial charge in [-0.2, -0.15) is 0 Å². The average molecular weight is 500 g/mol. The molecule has 11 heteroatoms. The highest BCUT2D eigenvalue weighted by Crippen LogP contribution is 2.27. The smallest absolute Gasteiger partial charge is 0.266 e. The molecule has 0 saturated heterocycles. The SMILES string of the molecule is COc1ccc(C(=O)NCCc2ccc(S(=O)(=O)NC(=O)c3ccc(CO)nc3)cc2)cc1OC. The lowest BCUT2D eigenvalue weighted by atomic mass is 10.1. The normalized spacial score (nSPS) is 10.9. The van der Waals surface area contributed by atoms with E-state index in [1.807, 2.05) is 4.72 Å². The minimum Gasteiger partial charge on any atom is -0.493 e. The first-order valence-corrected chi connectivity index (χ1v) is 12.0. The highest BCUT2D eigenvalue weighted by atomic mass is 32.2. The maximum absolute atomic E-state index is 12.5. The van der Waals surface area contributed by atoms with E-state index in [2.05, 4.69) is 10.3 Å². The first-order chi connectivity index (χ1) is 16.8. The number of carbonyl (C=O) groups is 2. The Morgan fingerprint density at radius 3 is 2.20 bits per heavy atom. The van der Waals surface area contributed by atoms with Crippen LogP contribution in [0.1, 0.15) is 32.0 Å². The van der Waals surface area contributed by atoms with E-state index in [0.29, 0.717) is 35.7 Å². The molecule has 1 heterocycles. The van der Waals surface area contributed by atoms with E-state index >= 15 is 0 Å². The molecule has 35 heavy (non-hydrogen) atoms. The van der Waals surface area contributed by atoms with Crippen LogP contribution in [0.25, 0.3) is 0 Å². The summed E-state index contributed by atoms with van der Waals surface area (Å²) in [7, 11) is -1.09. The Kier molecular flexibility index (Phi) is 8.39. The second-order valence-corrected chi connectivity index (χ2v) is 9.03. The van der Waals surface area contributed by atoms with Crippen molar-refractivity contribution in [2.45, 2.75) is 17.9 Å². The summed E-state index contributed by atoms with van der Waals surface area (Å²) in [4.78, 5) is 28.4. The quantitative estimate of drug-likeness (QED) is 0.382. The van der Waals surface area contributed by atoms with Crippen molar-refractivity contribution in [1.82, 2.24) is 15.0 Å². The number of ether oxygens (including phenoxy) is 2. The summed E-state index contributed by atoms with van der Waals surface area (Å²) in [5, 5.41) is 11.8. The first-order valence-electron chi connectivity index (χ1n) is 10.5. The lowest BCUT2D eigenvalue weighted by Crippen LogP contribution is -2.30. The molecule has 0 fully saturated rings. The van der Waals surface area contributed by atoms with Crippen LogP contribution in [0.3, 0.4) is 0 Å². The largest absolute Gasteiger partial charge is 0.493 e. The van der Waals surface area contributed by atoms with Crippen molar-refractivity contribution in [2.24, 2.45) is 0 Å². The number of sulfonamides is 1. The molecule has 2 aromatic carbocycles. The van der Waals surface area contributed by atoms with Crippen molar-refractivity contribution in [1.29, 1.82) is 0 Å². The van der Waals surface area contributed by atoms with Crippen LogP contribution in [0.15, 0.2) is 65.7 Å². The molecule has 1 aromatic heterocycles. The van der Waals surface area contributed by atoms with Crippen molar-refractivity contribution in [3.05, 3.63) is 83.2 Å². The number of pyridine rings is 1. The summed E-state index contributed by atoms with van der Waals surface area (Å²) in [6.45, 7) is 0.0410. The predicted molar refractivity (Wildman–Crippen MR) is 127 cm³/mol. The maximum Gasteiger partial charge on any atom is 0.266 e. The summed E-state index contributed by atoms with van der Waals surface area (Å²) >= 11 is 0.